The van der Waals surface area contributed by atoms with Crippen molar-refractivity contribution >= 4 is 11.8 Å². The molecule has 1 rings (SSSR count). The van der Waals surface area contributed by atoms with E-state index in [-0.39, 0.29) is 11.3 Å². The summed E-state index contributed by atoms with van der Waals surface area (Å²) in [6, 6.07) is 1.31. The summed E-state index contributed by atoms with van der Waals surface area (Å²) < 4.78 is 4.49. The Bertz CT molecular complexity index is 502. The summed E-state index contributed by atoms with van der Waals surface area (Å²) in [6.07, 6.45) is 0.845. The number of hydrogen-bond donors (Lipinski definition) is 1. The molecule has 0 aliphatic rings. The second kappa shape index (κ2) is 5.43. The highest BCUT2D eigenvalue weighted by molar-refractivity contribution is 5.99. The zero-order chi connectivity index (χ0) is 13.0. The number of aromatic nitrogens is 1. The molecule has 0 radical (unpaired) electrons. The van der Waals surface area contributed by atoms with Gasteiger partial charge in [0.2, 0.25) is 0 Å². The lowest BCUT2D eigenvalue weighted by atomic mass is 10.0. The maximum atomic E-state index is 11.7. The third kappa shape index (κ3) is 2.61. The lowest BCUT2D eigenvalue weighted by Crippen LogP contribution is -2.22. The zero-order valence-corrected chi connectivity index (χ0v) is 10.1. The number of hydrogen-bond acceptors (Lipinski definition) is 4. The summed E-state index contributed by atoms with van der Waals surface area (Å²) in [5.41, 5.74) is 0.271. The quantitative estimate of drug-likeness (QED) is 0.633. The number of aryl methyl sites for hydroxylation is 1. The first kappa shape index (κ1) is 13.2. The Hall–Kier alpha value is -1.91. The molecule has 0 bridgehead atoms. The van der Waals surface area contributed by atoms with E-state index >= 15 is 0 Å². The van der Waals surface area contributed by atoms with E-state index in [1.807, 2.05) is 6.92 Å². The maximum Gasteiger partial charge on any atom is 0.343 e. The normalized spacial score (nSPS) is 10.1. The van der Waals surface area contributed by atoms with Crippen LogP contribution in [0, 0.1) is 0 Å². The molecule has 92 valence electrons. The number of carbonyl (C=O) groups excluding carboxylic acids is 2. The number of nitrogens with one attached hydrogen (secondary N) is 1. The molecular weight excluding hydrogens is 222 g/mol. The molecule has 1 aromatic rings. The molecule has 1 heterocycles. The summed E-state index contributed by atoms with van der Waals surface area (Å²) in [4.78, 5) is 37.2. The Morgan fingerprint density at radius 1 is 1.29 bits per heavy atom. The van der Waals surface area contributed by atoms with Crippen molar-refractivity contribution in [2.75, 3.05) is 7.11 Å². The molecule has 0 saturated heterocycles. The first-order valence-electron chi connectivity index (χ1n) is 5.42. The van der Waals surface area contributed by atoms with Crippen LogP contribution < -0.4 is 5.56 Å². The Morgan fingerprint density at radius 2 is 1.94 bits per heavy atom. The summed E-state index contributed by atoms with van der Waals surface area (Å²) in [7, 11) is 1.19. The van der Waals surface area contributed by atoms with Crippen LogP contribution in [-0.2, 0) is 11.2 Å². The predicted molar refractivity (Wildman–Crippen MR) is 62.4 cm³/mol. The third-order valence-electron chi connectivity index (χ3n) is 2.50. The van der Waals surface area contributed by atoms with Gasteiger partial charge in [-0.3, -0.25) is 9.59 Å². The molecule has 0 unspecified atom stereocenters. The van der Waals surface area contributed by atoms with E-state index in [2.05, 4.69) is 9.72 Å². The molecule has 5 nitrogen and oxygen atoms in total. The SMILES string of the molecule is CCC(=O)c1cc(C(=O)OC)c(=O)[nH]c1CC. The fourth-order valence-electron chi connectivity index (χ4n) is 1.55. The van der Waals surface area contributed by atoms with Gasteiger partial charge in [0.25, 0.3) is 5.56 Å². The Kier molecular flexibility index (Phi) is 4.20. The van der Waals surface area contributed by atoms with Crippen LogP contribution in [0.5, 0.6) is 0 Å². The highest BCUT2D eigenvalue weighted by atomic mass is 16.5. The van der Waals surface area contributed by atoms with E-state index in [0.29, 0.717) is 24.1 Å². The monoisotopic (exact) mass is 237 g/mol. The van der Waals surface area contributed by atoms with Gasteiger partial charge in [0.05, 0.1) is 7.11 Å². The second-order valence-corrected chi connectivity index (χ2v) is 3.53. The minimum absolute atomic E-state index is 0.108. The number of Topliss-reactive ketones (excluding diaryl/α,β-unsaturated/α-hetero) is 1. The summed E-state index contributed by atoms with van der Waals surface area (Å²) in [5.74, 6) is -0.845. The number of esters is 1. The number of ether oxygens (including phenoxy) is 1. The van der Waals surface area contributed by atoms with E-state index in [1.165, 1.54) is 13.2 Å². The van der Waals surface area contributed by atoms with Crippen LogP contribution >= 0.6 is 0 Å². The van der Waals surface area contributed by atoms with Gasteiger partial charge in [0.1, 0.15) is 5.56 Å². The van der Waals surface area contributed by atoms with Crippen LogP contribution in [0.3, 0.4) is 0 Å². The molecule has 0 aromatic carbocycles. The van der Waals surface area contributed by atoms with E-state index in [4.69, 9.17) is 0 Å². The minimum atomic E-state index is -0.737. The maximum absolute atomic E-state index is 11.7. The Morgan fingerprint density at radius 3 is 2.41 bits per heavy atom. The molecule has 1 N–H and O–H groups in total. The van der Waals surface area contributed by atoms with Gasteiger partial charge < -0.3 is 9.72 Å². The molecule has 0 aliphatic heterocycles. The van der Waals surface area contributed by atoms with E-state index in [1.54, 1.807) is 6.92 Å². The topological polar surface area (TPSA) is 76.2 Å². The van der Waals surface area contributed by atoms with Crippen LogP contribution in [0.1, 0.15) is 46.7 Å². The van der Waals surface area contributed by atoms with Crippen molar-refractivity contribution in [1.82, 2.24) is 4.98 Å². The number of ketones is 1. The average molecular weight is 237 g/mol. The van der Waals surface area contributed by atoms with Gasteiger partial charge in [0.15, 0.2) is 5.78 Å². The predicted octanol–water partition coefficient (Wildman–Crippen LogP) is 1.32. The molecule has 1 aromatic heterocycles. The van der Waals surface area contributed by atoms with Crippen molar-refractivity contribution in [3.63, 3.8) is 0 Å². The molecule has 0 fully saturated rings. The number of pyridine rings is 1. The van der Waals surface area contributed by atoms with Crippen LogP contribution in [0.15, 0.2) is 10.9 Å². The van der Waals surface area contributed by atoms with Crippen LogP contribution in [0.4, 0.5) is 0 Å². The summed E-state index contributed by atoms with van der Waals surface area (Å²) in [5, 5.41) is 0. The molecule has 0 aliphatic carbocycles. The van der Waals surface area contributed by atoms with Gasteiger partial charge in [-0.2, -0.15) is 0 Å². The van der Waals surface area contributed by atoms with Crippen molar-refractivity contribution in [1.29, 1.82) is 0 Å². The minimum Gasteiger partial charge on any atom is -0.465 e. The van der Waals surface area contributed by atoms with Gasteiger partial charge in [-0.25, -0.2) is 4.79 Å². The lowest BCUT2D eigenvalue weighted by molar-refractivity contribution is 0.0598. The summed E-state index contributed by atoms with van der Waals surface area (Å²) in [6.45, 7) is 3.56. The first-order valence-corrected chi connectivity index (χ1v) is 5.42. The third-order valence-corrected chi connectivity index (χ3v) is 2.50. The average Bonchev–Trinajstić information content (AvgIpc) is 2.36. The van der Waals surface area contributed by atoms with Gasteiger partial charge in [-0.05, 0) is 12.5 Å². The van der Waals surface area contributed by atoms with Crippen molar-refractivity contribution in [2.45, 2.75) is 26.7 Å². The van der Waals surface area contributed by atoms with Gasteiger partial charge >= 0.3 is 5.97 Å². The van der Waals surface area contributed by atoms with Crippen molar-refractivity contribution in [2.24, 2.45) is 0 Å². The largest absolute Gasteiger partial charge is 0.465 e. The lowest BCUT2D eigenvalue weighted by Gasteiger charge is -2.07. The van der Waals surface area contributed by atoms with Gasteiger partial charge in [0, 0.05) is 17.7 Å². The molecule has 0 atom stereocenters. The van der Waals surface area contributed by atoms with E-state index in [0.717, 1.165) is 0 Å². The Labute approximate surface area is 98.8 Å². The van der Waals surface area contributed by atoms with E-state index in [9.17, 15) is 14.4 Å². The standard InChI is InChI=1S/C12H15NO4/c1-4-9-7(10(14)5-2)6-8(11(15)13-9)12(16)17-3/h6H,4-5H2,1-3H3,(H,13,15). The molecular formula is C12H15NO4. The second-order valence-electron chi connectivity index (χ2n) is 3.53. The summed E-state index contributed by atoms with van der Waals surface area (Å²) >= 11 is 0. The number of methoxy groups -OCH3 is 1. The van der Waals surface area contributed by atoms with Gasteiger partial charge in [-0.1, -0.05) is 13.8 Å². The van der Waals surface area contributed by atoms with Crippen LogP contribution in [0.2, 0.25) is 0 Å². The molecule has 17 heavy (non-hydrogen) atoms. The number of aromatic amines is 1. The van der Waals surface area contributed by atoms with E-state index < -0.39 is 11.5 Å². The molecule has 5 heteroatoms. The zero-order valence-electron chi connectivity index (χ0n) is 10.1. The first-order chi connectivity index (χ1) is 8.04. The highest BCUT2D eigenvalue weighted by Gasteiger charge is 2.17. The van der Waals surface area contributed by atoms with Crippen LogP contribution in [0.25, 0.3) is 0 Å². The fourth-order valence-corrected chi connectivity index (χ4v) is 1.55. The fraction of sp³-hybridized carbons (Fsp3) is 0.417. The number of H-pyrrole nitrogens is 1. The smallest absolute Gasteiger partial charge is 0.343 e. The molecule has 0 saturated carbocycles. The molecule has 0 amide bonds. The van der Waals surface area contributed by atoms with Crippen molar-refractivity contribution < 1.29 is 14.3 Å². The number of rotatable bonds is 4. The van der Waals surface area contributed by atoms with Crippen molar-refractivity contribution in [3.05, 3.63) is 33.2 Å². The number of carbonyl (C=O) groups is 2. The van der Waals surface area contributed by atoms with Crippen molar-refractivity contribution in [3.8, 4) is 0 Å². The van der Waals surface area contributed by atoms with Crippen LogP contribution in [-0.4, -0.2) is 23.8 Å². The van der Waals surface area contributed by atoms with Gasteiger partial charge in [-0.15, -0.1) is 0 Å². The molecule has 0 spiro atoms. The Balaban J connectivity index is 3.43. The highest BCUT2D eigenvalue weighted by Crippen LogP contribution is 2.10.